The number of nitrogens with zero attached hydrogens (tertiary/aromatic N) is 1. The van der Waals surface area contributed by atoms with Gasteiger partial charge in [-0.2, -0.15) is 12.1 Å². The minimum absolute atomic E-state index is 0. The normalized spacial score (nSPS) is 10.3. The van der Waals surface area contributed by atoms with E-state index in [9.17, 15) is 13.6 Å². The summed E-state index contributed by atoms with van der Waals surface area (Å²) in [6.45, 7) is 1.84. The van der Waals surface area contributed by atoms with Crippen LogP contribution in [-0.4, -0.2) is 18.5 Å². The number of hydrogen-bond donors (Lipinski definition) is 0. The van der Waals surface area contributed by atoms with Crippen LogP contribution in [0.25, 0.3) is 11.3 Å². The Labute approximate surface area is 165 Å². The molecule has 0 spiro atoms. The topological polar surface area (TPSA) is 40.5 Å². The standard InChI is InChI=1S/C15H13BrF2NO3.Y/c1-3-19-13(5-4-10(16)15(19)20)14-11(17)6-9(7-12(14)18)22-8-21-2;/h4,6-7H,3,8H2,1-2H3;/q-1;. The number of aromatic nitrogens is 1. The molecule has 0 unspecified atom stereocenters. The van der Waals surface area contributed by atoms with Crippen LogP contribution >= 0.6 is 15.9 Å². The number of pyridine rings is 1. The molecule has 0 aliphatic heterocycles. The summed E-state index contributed by atoms with van der Waals surface area (Å²) in [4.78, 5) is 12.0. The Morgan fingerprint density at radius 3 is 2.43 bits per heavy atom. The second kappa shape index (κ2) is 9.01. The van der Waals surface area contributed by atoms with Gasteiger partial charge in [0.1, 0.15) is 5.75 Å². The molecular weight excluding hydrogens is 449 g/mol. The van der Waals surface area contributed by atoms with Gasteiger partial charge in [-0.05, 0) is 17.0 Å². The monoisotopic (exact) mass is 461 g/mol. The molecule has 0 aliphatic carbocycles. The van der Waals surface area contributed by atoms with Crippen molar-refractivity contribution in [1.29, 1.82) is 0 Å². The molecule has 0 aliphatic rings. The van der Waals surface area contributed by atoms with E-state index >= 15 is 0 Å². The summed E-state index contributed by atoms with van der Waals surface area (Å²) in [5.74, 6) is -1.68. The number of benzene rings is 1. The predicted octanol–water partition coefficient (Wildman–Crippen LogP) is 3.36. The van der Waals surface area contributed by atoms with E-state index in [2.05, 4.69) is 26.7 Å². The van der Waals surface area contributed by atoms with Crippen LogP contribution in [0.2, 0.25) is 0 Å². The molecule has 4 nitrogen and oxygen atoms in total. The van der Waals surface area contributed by atoms with Gasteiger partial charge in [-0.3, -0.25) is 4.79 Å². The summed E-state index contributed by atoms with van der Waals surface area (Å²) in [7, 11) is 1.40. The van der Waals surface area contributed by atoms with E-state index in [1.165, 1.54) is 17.7 Å². The Kier molecular flexibility index (Phi) is 8.00. The van der Waals surface area contributed by atoms with Crippen molar-refractivity contribution in [2.75, 3.05) is 13.9 Å². The minimum Gasteiger partial charge on any atom is -0.467 e. The van der Waals surface area contributed by atoms with Crippen molar-refractivity contribution < 1.29 is 51.0 Å². The van der Waals surface area contributed by atoms with E-state index in [0.29, 0.717) is 0 Å². The average molecular weight is 462 g/mol. The van der Waals surface area contributed by atoms with E-state index in [4.69, 9.17) is 4.74 Å². The summed E-state index contributed by atoms with van der Waals surface area (Å²) in [6, 6.07) is 6.15. The zero-order valence-electron chi connectivity index (χ0n) is 12.5. The molecular formula is C15H13BrF2NO3Y-. The van der Waals surface area contributed by atoms with E-state index in [-0.39, 0.29) is 73.1 Å². The van der Waals surface area contributed by atoms with Crippen LogP contribution in [0.3, 0.4) is 0 Å². The SMILES string of the molecule is CCn1c(-c2c(F)cc(OCOC)cc2F)[c-]cc(Br)c1=O.[Y]. The van der Waals surface area contributed by atoms with Crippen molar-refractivity contribution in [1.82, 2.24) is 4.57 Å². The number of ether oxygens (including phenoxy) is 2. The Morgan fingerprint density at radius 1 is 1.30 bits per heavy atom. The molecule has 1 radical (unpaired) electrons. The van der Waals surface area contributed by atoms with Crippen LogP contribution in [0.5, 0.6) is 5.75 Å². The van der Waals surface area contributed by atoms with Crippen molar-refractivity contribution in [3.63, 3.8) is 0 Å². The average Bonchev–Trinajstić information content (AvgIpc) is 2.48. The molecule has 121 valence electrons. The summed E-state index contributed by atoms with van der Waals surface area (Å²) < 4.78 is 39.7. The number of methoxy groups -OCH3 is 1. The molecule has 2 rings (SSSR count). The van der Waals surface area contributed by atoms with Crippen LogP contribution in [0.15, 0.2) is 27.5 Å². The van der Waals surface area contributed by atoms with Crippen molar-refractivity contribution >= 4 is 15.9 Å². The predicted molar refractivity (Wildman–Crippen MR) is 80.8 cm³/mol. The molecule has 23 heavy (non-hydrogen) atoms. The van der Waals surface area contributed by atoms with Gasteiger partial charge in [0.25, 0.3) is 0 Å². The largest absolute Gasteiger partial charge is 0.467 e. The summed E-state index contributed by atoms with van der Waals surface area (Å²) in [5, 5.41) is 0. The Morgan fingerprint density at radius 2 is 1.91 bits per heavy atom. The molecule has 0 amide bonds. The van der Waals surface area contributed by atoms with E-state index in [0.717, 1.165) is 12.1 Å². The summed E-state index contributed by atoms with van der Waals surface area (Å²) >= 11 is 3.08. The van der Waals surface area contributed by atoms with Gasteiger partial charge in [0.05, 0.1) is 11.6 Å². The fourth-order valence-corrected chi connectivity index (χ4v) is 2.33. The van der Waals surface area contributed by atoms with Gasteiger partial charge in [-0.1, -0.05) is 5.69 Å². The van der Waals surface area contributed by atoms with Gasteiger partial charge in [0.2, 0.25) is 5.56 Å². The Balaban J connectivity index is 0.00000264. The first-order chi connectivity index (χ1) is 10.5. The van der Waals surface area contributed by atoms with Gasteiger partial charge in [0.15, 0.2) is 6.79 Å². The van der Waals surface area contributed by atoms with Gasteiger partial charge in [0, 0.05) is 58.5 Å². The van der Waals surface area contributed by atoms with Crippen LogP contribution in [0, 0.1) is 17.7 Å². The molecule has 0 saturated heterocycles. The van der Waals surface area contributed by atoms with Gasteiger partial charge in [-0.25, -0.2) is 8.78 Å². The second-order valence-electron chi connectivity index (χ2n) is 4.35. The fourth-order valence-electron chi connectivity index (χ4n) is 2.00. The first-order valence-corrected chi connectivity index (χ1v) is 7.21. The molecule has 0 bridgehead atoms. The molecule has 0 saturated carbocycles. The van der Waals surface area contributed by atoms with Crippen molar-refractivity contribution in [2.24, 2.45) is 0 Å². The second-order valence-corrected chi connectivity index (χ2v) is 5.20. The van der Waals surface area contributed by atoms with Crippen LogP contribution in [0.4, 0.5) is 8.78 Å². The third-order valence-electron chi connectivity index (χ3n) is 2.97. The van der Waals surface area contributed by atoms with Crippen molar-refractivity contribution in [3.05, 3.63) is 50.7 Å². The van der Waals surface area contributed by atoms with Crippen LogP contribution in [-0.2, 0) is 44.0 Å². The van der Waals surface area contributed by atoms with Gasteiger partial charge in [-0.15, -0.1) is 15.9 Å². The van der Waals surface area contributed by atoms with Gasteiger partial charge >= 0.3 is 0 Å². The minimum atomic E-state index is -0.841. The zero-order chi connectivity index (χ0) is 16.3. The van der Waals surface area contributed by atoms with E-state index in [1.807, 2.05) is 0 Å². The third kappa shape index (κ3) is 4.47. The molecule has 0 fully saturated rings. The molecule has 1 aromatic carbocycles. The first kappa shape index (κ1) is 20.4. The number of halogens is 3. The van der Waals surface area contributed by atoms with Crippen molar-refractivity contribution in [2.45, 2.75) is 13.5 Å². The van der Waals surface area contributed by atoms with Gasteiger partial charge < -0.3 is 14.0 Å². The molecule has 8 heteroatoms. The Hall–Kier alpha value is -0.626. The number of hydrogen-bond acceptors (Lipinski definition) is 3. The smallest absolute Gasteiger partial charge is 0.208 e. The maximum absolute atomic E-state index is 14.3. The zero-order valence-corrected chi connectivity index (χ0v) is 17.0. The maximum atomic E-state index is 14.3. The molecule has 2 aromatic rings. The quantitative estimate of drug-likeness (QED) is 0.506. The number of rotatable bonds is 5. The molecule has 1 heterocycles. The van der Waals surface area contributed by atoms with E-state index in [1.54, 1.807) is 6.92 Å². The van der Waals surface area contributed by atoms with Crippen LogP contribution < -0.4 is 10.3 Å². The van der Waals surface area contributed by atoms with E-state index < -0.39 is 11.6 Å². The Bertz CT molecular complexity index is 729. The van der Waals surface area contributed by atoms with Crippen LogP contribution in [0.1, 0.15) is 6.92 Å². The maximum Gasteiger partial charge on any atom is 0.208 e. The third-order valence-corrected chi connectivity index (χ3v) is 3.54. The van der Waals surface area contributed by atoms with Crippen molar-refractivity contribution in [3.8, 4) is 17.0 Å². The summed E-state index contributed by atoms with van der Waals surface area (Å²) in [6.07, 6.45) is 0. The molecule has 0 N–H and O–H groups in total. The first-order valence-electron chi connectivity index (χ1n) is 6.41. The molecule has 0 atom stereocenters. The fraction of sp³-hybridized carbons (Fsp3) is 0.267. The molecule has 1 aromatic heterocycles. The summed E-state index contributed by atoms with van der Waals surface area (Å²) in [5.41, 5.74) is -0.657.